The fraction of sp³-hybridized carbons (Fsp3) is 0.964. The van der Waals surface area contributed by atoms with E-state index in [9.17, 15) is 25.2 Å². The van der Waals surface area contributed by atoms with Gasteiger partial charge in [0.1, 0.15) is 5.78 Å². The first-order chi connectivity index (χ1) is 15.9. The lowest BCUT2D eigenvalue weighted by molar-refractivity contribution is -0.207. The Labute approximate surface area is 205 Å². The number of hydrogen-bond acceptors (Lipinski definition) is 6. The third-order valence-electron chi connectivity index (χ3n) is 11.0. The molecule has 1 aliphatic heterocycles. The first-order valence-electron chi connectivity index (χ1n) is 13.8. The minimum absolute atomic E-state index is 0.0233. The molecule has 0 aromatic carbocycles. The fourth-order valence-electron chi connectivity index (χ4n) is 8.58. The number of fused-ring (bicyclic) bond motifs is 5. The van der Waals surface area contributed by atoms with Crippen LogP contribution in [0.3, 0.4) is 0 Å². The molecule has 4 N–H and O–H groups in total. The number of aliphatic hydroxyl groups is 4. The van der Waals surface area contributed by atoms with Gasteiger partial charge in [0.2, 0.25) is 0 Å². The van der Waals surface area contributed by atoms with Gasteiger partial charge in [0, 0.05) is 18.8 Å². The first-order valence-corrected chi connectivity index (χ1v) is 13.8. The van der Waals surface area contributed by atoms with E-state index < -0.39 is 24.4 Å². The number of rotatable bonds is 5. The number of ether oxygens (including phenoxy) is 1. The Morgan fingerprint density at radius 2 is 1.68 bits per heavy atom. The van der Waals surface area contributed by atoms with Gasteiger partial charge >= 0.3 is 0 Å². The summed E-state index contributed by atoms with van der Waals surface area (Å²) in [6.07, 6.45) is 0.517. The van der Waals surface area contributed by atoms with Crippen LogP contribution in [0.4, 0.5) is 0 Å². The fourth-order valence-corrected chi connectivity index (χ4v) is 8.58. The van der Waals surface area contributed by atoms with Crippen molar-refractivity contribution in [1.82, 2.24) is 0 Å². The zero-order chi connectivity index (χ0) is 25.1. The smallest absolute Gasteiger partial charge is 0.133 e. The molecule has 34 heavy (non-hydrogen) atoms. The number of aliphatic hydroxyl groups excluding tert-OH is 4. The first kappa shape index (κ1) is 26.5. The van der Waals surface area contributed by atoms with Crippen molar-refractivity contribution in [2.75, 3.05) is 0 Å². The van der Waals surface area contributed by atoms with Gasteiger partial charge in [-0.1, -0.05) is 41.0 Å². The summed E-state index contributed by atoms with van der Waals surface area (Å²) in [6.45, 7) is 12.4. The van der Waals surface area contributed by atoms with Crippen molar-refractivity contribution in [2.45, 2.75) is 117 Å². The summed E-state index contributed by atoms with van der Waals surface area (Å²) in [5, 5.41) is 45.2. The minimum atomic E-state index is -0.954. The molecule has 1 heterocycles. The van der Waals surface area contributed by atoms with Crippen molar-refractivity contribution < 1.29 is 30.0 Å². The molecular weight excluding hydrogens is 432 g/mol. The summed E-state index contributed by atoms with van der Waals surface area (Å²) in [5.74, 6) is -0.199. The number of hydrogen-bond donors (Lipinski definition) is 4. The van der Waals surface area contributed by atoms with Gasteiger partial charge in [0.15, 0.2) is 0 Å². The molecule has 14 atom stereocenters. The van der Waals surface area contributed by atoms with Gasteiger partial charge in [-0.2, -0.15) is 0 Å². The Morgan fingerprint density at radius 3 is 2.32 bits per heavy atom. The quantitative estimate of drug-likeness (QED) is 0.481. The molecule has 1 saturated heterocycles. The molecule has 3 aliphatic carbocycles. The Balaban J connectivity index is 1.77. The van der Waals surface area contributed by atoms with Gasteiger partial charge < -0.3 is 25.2 Å². The van der Waals surface area contributed by atoms with E-state index in [0.717, 1.165) is 25.7 Å². The lowest BCUT2D eigenvalue weighted by Crippen LogP contribution is -2.62. The summed E-state index contributed by atoms with van der Waals surface area (Å²) >= 11 is 0. The molecule has 0 bridgehead atoms. The summed E-state index contributed by atoms with van der Waals surface area (Å²) in [6, 6.07) is 0. The van der Waals surface area contributed by atoms with Crippen LogP contribution < -0.4 is 0 Å². The average molecular weight is 481 g/mol. The highest BCUT2D eigenvalue weighted by atomic mass is 16.5. The third kappa shape index (κ3) is 4.19. The van der Waals surface area contributed by atoms with Crippen LogP contribution >= 0.6 is 0 Å². The van der Waals surface area contributed by atoms with Gasteiger partial charge in [-0.15, -0.1) is 0 Å². The Kier molecular flexibility index (Phi) is 7.60. The van der Waals surface area contributed by atoms with Crippen LogP contribution in [-0.4, -0.2) is 62.8 Å². The maximum Gasteiger partial charge on any atom is 0.133 e. The van der Waals surface area contributed by atoms with E-state index in [1.54, 1.807) is 0 Å². The minimum Gasteiger partial charge on any atom is -0.390 e. The monoisotopic (exact) mass is 480 g/mol. The van der Waals surface area contributed by atoms with E-state index in [1.165, 1.54) is 0 Å². The van der Waals surface area contributed by atoms with E-state index in [-0.39, 0.29) is 70.7 Å². The van der Waals surface area contributed by atoms with Crippen LogP contribution in [0, 0.1) is 52.8 Å². The van der Waals surface area contributed by atoms with Crippen LogP contribution in [-0.2, 0) is 9.53 Å². The lowest BCUT2D eigenvalue weighted by Gasteiger charge is -2.57. The summed E-state index contributed by atoms with van der Waals surface area (Å²) in [4.78, 5) is 12.6. The number of carbonyl (C=O) groups is 1. The van der Waals surface area contributed by atoms with Crippen LogP contribution in [0.5, 0.6) is 0 Å². The van der Waals surface area contributed by atoms with Crippen LogP contribution in [0.2, 0.25) is 0 Å². The van der Waals surface area contributed by atoms with Crippen LogP contribution in [0.25, 0.3) is 0 Å². The molecule has 3 saturated carbocycles. The van der Waals surface area contributed by atoms with Gasteiger partial charge in [-0.05, 0) is 73.0 Å². The predicted molar refractivity (Wildman–Crippen MR) is 130 cm³/mol. The molecule has 4 rings (SSSR count). The second-order valence-electron chi connectivity index (χ2n) is 12.9. The standard InChI is InChI=1S/C28H48O6/c1-13(2)14(3)23(30)24(31)15(4)27-22-21(19-12-17(29)9-10-18(19)16(5)34-27)26(33)25(32)20-8-7-11-28(20,22)6/h13-16,18-27,30-33H,7-12H2,1-6H3/t14-,15?,16+,18-,19?,20?,21?,22?,23-,24-,25-,26+,27-,28+/m1/s1. The van der Waals surface area contributed by atoms with E-state index in [2.05, 4.69) is 27.7 Å². The molecule has 5 unspecified atom stereocenters. The summed E-state index contributed by atoms with van der Waals surface area (Å²) in [5.41, 5.74) is -0.244. The zero-order valence-electron chi connectivity index (χ0n) is 21.9. The highest BCUT2D eigenvalue weighted by molar-refractivity contribution is 5.79. The average Bonchev–Trinajstić information content (AvgIpc) is 3.14. The molecule has 4 fully saturated rings. The normalized spacial score (nSPS) is 48.3. The van der Waals surface area contributed by atoms with E-state index in [4.69, 9.17) is 4.74 Å². The molecule has 0 spiro atoms. The highest BCUT2D eigenvalue weighted by Crippen LogP contribution is 2.63. The predicted octanol–water partition coefficient (Wildman–Crippen LogP) is 3.18. The molecule has 0 aromatic rings. The molecule has 196 valence electrons. The Bertz CT molecular complexity index is 740. The third-order valence-corrected chi connectivity index (χ3v) is 11.0. The van der Waals surface area contributed by atoms with Crippen molar-refractivity contribution in [3.8, 4) is 0 Å². The van der Waals surface area contributed by atoms with Gasteiger partial charge in [0.25, 0.3) is 0 Å². The summed E-state index contributed by atoms with van der Waals surface area (Å²) < 4.78 is 6.84. The van der Waals surface area contributed by atoms with Crippen molar-refractivity contribution >= 4 is 5.78 Å². The van der Waals surface area contributed by atoms with Crippen molar-refractivity contribution in [3.05, 3.63) is 0 Å². The van der Waals surface area contributed by atoms with Crippen molar-refractivity contribution in [3.63, 3.8) is 0 Å². The Hall–Kier alpha value is -0.530. The highest BCUT2D eigenvalue weighted by Gasteiger charge is 2.65. The van der Waals surface area contributed by atoms with Crippen molar-refractivity contribution in [1.29, 1.82) is 0 Å². The maximum absolute atomic E-state index is 12.6. The molecule has 0 aromatic heterocycles. The van der Waals surface area contributed by atoms with Crippen LogP contribution in [0.1, 0.15) is 80.1 Å². The SMILES string of the molecule is CC(C)[C@@H](C)[C@@H](O)[C@H](O)C(C)[C@H]1O[C@@H](C)[C@H]2CCC(=O)CC2C2C1[C@@]1(C)CCCC1[C@@H](O)[C@H]2O. The zero-order valence-corrected chi connectivity index (χ0v) is 21.9. The second kappa shape index (κ2) is 9.74. The molecular formula is C28H48O6. The maximum atomic E-state index is 12.6. The molecule has 6 heteroatoms. The largest absolute Gasteiger partial charge is 0.390 e. The molecule has 6 nitrogen and oxygen atoms in total. The molecule has 0 radical (unpaired) electrons. The van der Waals surface area contributed by atoms with Gasteiger partial charge in [-0.3, -0.25) is 4.79 Å². The Morgan fingerprint density at radius 1 is 1.00 bits per heavy atom. The number of carbonyl (C=O) groups excluding carboxylic acids is 1. The van der Waals surface area contributed by atoms with Gasteiger partial charge in [-0.25, -0.2) is 0 Å². The lowest BCUT2D eigenvalue weighted by atomic mass is 9.49. The number of Topliss-reactive ketones (excluding diaryl/α,β-unsaturated/α-hetero) is 1. The van der Waals surface area contributed by atoms with E-state index in [1.807, 2.05) is 13.8 Å². The van der Waals surface area contributed by atoms with Crippen LogP contribution in [0.15, 0.2) is 0 Å². The van der Waals surface area contributed by atoms with E-state index in [0.29, 0.717) is 12.8 Å². The van der Waals surface area contributed by atoms with Crippen molar-refractivity contribution in [2.24, 2.45) is 52.8 Å². The van der Waals surface area contributed by atoms with E-state index >= 15 is 0 Å². The summed E-state index contributed by atoms with van der Waals surface area (Å²) in [7, 11) is 0. The number of ketones is 1. The topological polar surface area (TPSA) is 107 Å². The van der Waals surface area contributed by atoms with Gasteiger partial charge in [0.05, 0.1) is 36.6 Å². The molecule has 0 amide bonds. The molecule has 4 aliphatic rings. The second-order valence-corrected chi connectivity index (χ2v) is 12.9.